The number of carbonyl (C=O) groups is 1. The lowest BCUT2D eigenvalue weighted by molar-refractivity contribution is 0.0940. The number of aromatic nitrogens is 3. The van der Waals surface area contributed by atoms with Gasteiger partial charge in [0.1, 0.15) is 28.7 Å². The van der Waals surface area contributed by atoms with Crippen LogP contribution in [0.15, 0.2) is 78.1 Å². The van der Waals surface area contributed by atoms with E-state index in [0.717, 1.165) is 26.2 Å². The molecule has 210 valence electrons. The number of hydrogen-bond acceptors (Lipinski definition) is 9. The molecule has 0 spiro atoms. The van der Waals surface area contributed by atoms with Gasteiger partial charge in [0.25, 0.3) is 5.91 Å². The van der Waals surface area contributed by atoms with Crippen molar-refractivity contribution >= 4 is 49.8 Å². The highest BCUT2D eigenvalue weighted by atomic mass is 32.2. The number of hydrogen-bond donors (Lipinski definition) is 4. The van der Waals surface area contributed by atoms with Gasteiger partial charge in [-0.1, -0.05) is 18.2 Å². The summed E-state index contributed by atoms with van der Waals surface area (Å²) in [5.74, 6) is -0.296. The zero-order chi connectivity index (χ0) is 29.1. The zero-order valence-electron chi connectivity index (χ0n) is 22.1. The van der Waals surface area contributed by atoms with Gasteiger partial charge in [-0.2, -0.15) is 0 Å². The summed E-state index contributed by atoms with van der Waals surface area (Å²) in [6.45, 7) is 2.09. The topological polar surface area (TPSA) is 152 Å². The van der Waals surface area contributed by atoms with Crippen LogP contribution in [0.3, 0.4) is 0 Å². The standard InChI is InChI=1S/C28H26FN7O3S2/c1-16(17-3-6-19(29)7-4-17)36-28(37)23-12-21(41(38,39)31-2)14-33-27(23)32-13-20-8-10-25(40-20)18-5-9-24-22(11-18)26(30)35-15-34-24/h3-12,14-16,31H,13H2,1-2H3,(H,32,33)(H,36,37)(H2,30,34,35)/t16-/m0/s1. The molecule has 41 heavy (non-hydrogen) atoms. The summed E-state index contributed by atoms with van der Waals surface area (Å²) in [5, 5.41) is 6.77. The van der Waals surface area contributed by atoms with Crippen LogP contribution in [0, 0.1) is 5.82 Å². The molecule has 13 heteroatoms. The zero-order valence-corrected chi connectivity index (χ0v) is 23.7. The van der Waals surface area contributed by atoms with Crippen molar-refractivity contribution in [2.75, 3.05) is 18.1 Å². The number of thiophene rings is 1. The van der Waals surface area contributed by atoms with Crippen LogP contribution < -0.4 is 21.1 Å². The Morgan fingerprint density at radius 2 is 1.83 bits per heavy atom. The number of fused-ring (bicyclic) bond motifs is 1. The fourth-order valence-corrected chi connectivity index (χ4v) is 5.81. The molecule has 0 aliphatic rings. The van der Waals surface area contributed by atoms with Crippen LogP contribution in [0.25, 0.3) is 21.3 Å². The van der Waals surface area contributed by atoms with E-state index in [9.17, 15) is 17.6 Å². The second-order valence-electron chi connectivity index (χ2n) is 9.13. The first-order chi connectivity index (χ1) is 19.6. The molecule has 3 heterocycles. The van der Waals surface area contributed by atoms with Crippen molar-refractivity contribution in [3.63, 3.8) is 0 Å². The number of pyridine rings is 1. The molecule has 5 aromatic rings. The van der Waals surface area contributed by atoms with Crippen molar-refractivity contribution in [3.8, 4) is 10.4 Å². The number of nitrogens with one attached hydrogen (secondary N) is 3. The van der Waals surface area contributed by atoms with Crippen LogP contribution in [0.4, 0.5) is 16.0 Å². The van der Waals surface area contributed by atoms with Crippen molar-refractivity contribution in [3.05, 3.63) is 95.0 Å². The van der Waals surface area contributed by atoms with Gasteiger partial charge in [0.2, 0.25) is 10.0 Å². The average Bonchev–Trinajstić information content (AvgIpc) is 3.45. The van der Waals surface area contributed by atoms with Crippen LogP contribution in [-0.4, -0.2) is 36.3 Å². The predicted octanol–water partition coefficient (Wildman–Crippen LogP) is 4.49. The number of rotatable bonds is 9. The number of anilines is 2. The van der Waals surface area contributed by atoms with Crippen molar-refractivity contribution in [2.45, 2.75) is 24.4 Å². The number of nitrogens with zero attached hydrogens (tertiary/aromatic N) is 3. The van der Waals surface area contributed by atoms with E-state index >= 15 is 0 Å². The summed E-state index contributed by atoms with van der Waals surface area (Å²) < 4.78 is 40.4. The van der Waals surface area contributed by atoms with E-state index in [2.05, 4.69) is 30.3 Å². The molecule has 1 atom stereocenters. The number of halogens is 1. The van der Waals surface area contributed by atoms with Crippen LogP contribution in [0.5, 0.6) is 0 Å². The van der Waals surface area contributed by atoms with E-state index in [4.69, 9.17) is 5.73 Å². The quantitative estimate of drug-likeness (QED) is 0.196. The Bertz CT molecular complexity index is 1840. The maximum atomic E-state index is 13.3. The first kappa shape index (κ1) is 28.1. The molecule has 10 nitrogen and oxygen atoms in total. The van der Waals surface area contributed by atoms with Gasteiger partial charge < -0.3 is 16.4 Å². The Hall–Kier alpha value is -4.46. The first-order valence-electron chi connectivity index (χ1n) is 12.5. The van der Waals surface area contributed by atoms with Crippen LogP contribution >= 0.6 is 11.3 Å². The summed E-state index contributed by atoms with van der Waals surface area (Å²) in [6.07, 6.45) is 2.62. The van der Waals surface area contributed by atoms with Gasteiger partial charge in [-0.05, 0) is 67.6 Å². The van der Waals surface area contributed by atoms with Crippen molar-refractivity contribution in [2.24, 2.45) is 0 Å². The number of sulfonamides is 1. The van der Waals surface area contributed by atoms with Crippen molar-refractivity contribution in [1.82, 2.24) is 25.0 Å². The summed E-state index contributed by atoms with van der Waals surface area (Å²) >= 11 is 1.55. The third-order valence-electron chi connectivity index (χ3n) is 6.45. The molecule has 0 radical (unpaired) electrons. The largest absolute Gasteiger partial charge is 0.383 e. The lowest BCUT2D eigenvalue weighted by Gasteiger charge is -2.17. The van der Waals surface area contributed by atoms with E-state index < -0.39 is 22.0 Å². The molecule has 0 bridgehead atoms. The molecule has 0 fully saturated rings. The number of benzene rings is 2. The number of carbonyl (C=O) groups excluding carboxylic acids is 1. The van der Waals surface area contributed by atoms with Crippen molar-refractivity contribution in [1.29, 1.82) is 0 Å². The van der Waals surface area contributed by atoms with Gasteiger partial charge in [-0.3, -0.25) is 4.79 Å². The van der Waals surface area contributed by atoms with Gasteiger partial charge in [0, 0.05) is 21.3 Å². The fourth-order valence-electron chi connectivity index (χ4n) is 4.16. The molecule has 5 rings (SSSR count). The normalized spacial score (nSPS) is 12.3. The highest BCUT2D eigenvalue weighted by Crippen LogP contribution is 2.32. The summed E-state index contributed by atoms with van der Waals surface area (Å²) in [5.41, 5.74) is 8.48. The predicted molar refractivity (Wildman–Crippen MR) is 157 cm³/mol. The Morgan fingerprint density at radius 3 is 2.59 bits per heavy atom. The Morgan fingerprint density at radius 1 is 1.05 bits per heavy atom. The molecule has 0 unspecified atom stereocenters. The molecule has 0 aliphatic heterocycles. The Balaban J connectivity index is 1.38. The SMILES string of the molecule is CNS(=O)(=O)c1cnc(NCc2ccc(-c3ccc4ncnc(N)c4c3)s2)c(C(=O)N[C@@H](C)c2ccc(F)cc2)c1. The first-order valence-corrected chi connectivity index (χ1v) is 14.8. The number of nitrogens with two attached hydrogens (primary N) is 1. The van der Waals surface area contributed by atoms with Crippen LogP contribution in [-0.2, 0) is 16.6 Å². The van der Waals surface area contributed by atoms with Crippen molar-refractivity contribution < 1.29 is 17.6 Å². The highest BCUT2D eigenvalue weighted by Gasteiger charge is 2.21. The molecule has 2 aromatic carbocycles. The van der Waals surface area contributed by atoms with Gasteiger partial charge in [-0.25, -0.2) is 32.5 Å². The minimum absolute atomic E-state index is 0.0528. The van der Waals surface area contributed by atoms with E-state index in [-0.39, 0.29) is 22.1 Å². The second kappa shape index (κ2) is 11.6. The van der Waals surface area contributed by atoms with E-state index in [1.54, 1.807) is 30.4 Å². The van der Waals surface area contributed by atoms with Crippen LogP contribution in [0.2, 0.25) is 0 Å². The Kier molecular flexibility index (Phi) is 7.92. The molecule has 3 aromatic heterocycles. The lowest BCUT2D eigenvalue weighted by Crippen LogP contribution is -2.28. The minimum Gasteiger partial charge on any atom is -0.383 e. The fraction of sp³-hybridized carbons (Fsp3) is 0.143. The van der Waals surface area contributed by atoms with E-state index in [1.165, 1.54) is 37.8 Å². The molecule has 0 saturated heterocycles. The van der Waals surface area contributed by atoms with Gasteiger partial charge in [0.05, 0.1) is 23.7 Å². The Labute approximate surface area is 239 Å². The summed E-state index contributed by atoms with van der Waals surface area (Å²) in [6, 6.07) is 16.3. The monoisotopic (exact) mass is 591 g/mol. The smallest absolute Gasteiger partial charge is 0.255 e. The molecule has 0 aliphatic carbocycles. The second-order valence-corrected chi connectivity index (χ2v) is 12.2. The number of amides is 1. The average molecular weight is 592 g/mol. The van der Waals surface area contributed by atoms with E-state index in [1.807, 2.05) is 30.3 Å². The maximum Gasteiger partial charge on any atom is 0.255 e. The van der Waals surface area contributed by atoms with Gasteiger partial charge in [-0.15, -0.1) is 11.3 Å². The molecule has 0 saturated carbocycles. The third-order valence-corrected chi connectivity index (χ3v) is 8.96. The van der Waals surface area contributed by atoms with E-state index in [0.29, 0.717) is 17.9 Å². The summed E-state index contributed by atoms with van der Waals surface area (Å²) in [7, 11) is -2.57. The highest BCUT2D eigenvalue weighted by molar-refractivity contribution is 7.89. The maximum absolute atomic E-state index is 13.3. The van der Waals surface area contributed by atoms with Gasteiger partial charge >= 0.3 is 0 Å². The minimum atomic E-state index is -3.85. The third kappa shape index (κ3) is 6.16. The number of nitrogen functional groups attached to an aromatic ring is 1. The summed E-state index contributed by atoms with van der Waals surface area (Å²) in [4.78, 5) is 27.7. The van der Waals surface area contributed by atoms with Gasteiger partial charge in [0.15, 0.2) is 0 Å². The lowest BCUT2D eigenvalue weighted by atomic mass is 10.1. The molecular formula is C28H26FN7O3S2. The van der Waals surface area contributed by atoms with Crippen LogP contribution in [0.1, 0.15) is 33.8 Å². The molecular weight excluding hydrogens is 565 g/mol. The molecule has 1 amide bonds. The molecule has 5 N–H and O–H groups in total.